The van der Waals surface area contributed by atoms with E-state index in [1.165, 1.54) is 6.42 Å². The Kier molecular flexibility index (Phi) is 6.06. The van der Waals surface area contributed by atoms with Crippen LogP contribution in [0.2, 0.25) is 0 Å². The number of aliphatic hydroxyl groups is 1. The summed E-state index contributed by atoms with van der Waals surface area (Å²) in [6.45, 7) is 8.31. The molecular formula is C12H24O. The van der Waals surface area contributed by atoms with E-state index in [9.17, 15) is 5.11 Å². The molecule has 13 heavy (non-hydrogen) atoms. The van der Waals surface area contributed by atoms with Crippen LogP contribution in [-0.4, -0.2) is 11.2 Å². The lowest BCUT2D eigenvalue weighted by Crippen LogP contribution is -2.25. The van der Waals surface area contributed by atoms with Gasteiger partial charge >= 0.3 is 0 Å². The van der Waals surface area contributed by atoms with Crippen LogP contribution in [0.3, 0.4) is 0 Å². The Morgan fingerprint density at radius 3 is 2.31 bits per heavy atom. The molecule has 0 aliphatic rings. The molecule has 0 rings (SSSR count). The lowest BCUT2D eigenvalue weighted by Gasteiger charge is -2.25. The van der Waals surface area contributed by atoms with E-state index >= 15 is 0 Å². The number of unbranched alkanes of at least 4 members (excludes halogenated alkanes) is 2. The van der Waals surface area contributed by atoms with E-state index in [-0.39, 0.29) is 11.5 Å². The minimum absolute atomic E-state index is 0.0423. The van der Waals surface area contributed by atoms with Crippen LogP contribution in [0.4, 0.5) is 0 Å². The molecule has 1 atom stereocenters. The number of hydrogen-bond acceptors (Lipinski definition) is 1. The highest BCUT2D eigenvalue weighted by atomic mass is 16.3. The molecule has 1 nitrogen and oxygen atoms in total. The molecule has 0 aliphatic heterocycles. The Labute approximate surface area is 82.9 Å². The summed E-state index contributed by atoms with van der Waals surface area (Å²) in [7, 11) is 0. The van der Waals surface area contributed by atoms with Gasteiger partial charge in [0.05, 0.1) is 6.10 Å². The van der Waals surface area contributed by atoms with E-state index < -0.39 is 0 Å². The van der Waals surface area contributed by atoms with Gasteiger partial charge in [0, 0.05) is 0 Å². The molecular weight excluding hydrogens is 160 g/mol. The predicted octanol–water partition coefficient (Wildman–Crippen LogP) is 3.53. The van der Waals surface area contributed by atoms with E-state index in [0.717, 1.165) is 19.3 Å². The lowest BCUT2D eigenvalue weighted by molar-refractivity contribution is 0.0536. The first-order valence-electron chi connectivity index (χ1n) is 5.27. The molecule has 0 bridgehead atoms. The summed E-state index contributed by atoms with van der Waals surface area (Å²) in [4.78, 5) is 0. The van der Waals surface area contributed by atoms with Gasteiger partial charge in [-0.2, -0.15) is 0 Å². The molecule has 0 amide bonds. The minimum Gasteiger partial charge on any atom is -0.393 e. The quantitative estimate of drug-likeness (QED) is 0.512. The first kappa shape index (κ1) is 12.7. The summed E-state index contributed by atoms with van der Waals surface area (Å²) < 4.78 is 0. The second-order valence-corrected chi connectivity index (χ2v) is 4.74. The zero-order valence-electron chi connectivity index (χ0n) is 9.51. The van der Waals surface area contributed by atoms with Gasteiger partial charge < -0.3 is 5.11 Å². The van der Waals surface area contributed by atoms with Crippen LogP contribution < -0.4 is 0 Å². The van der Waals surface area contributed by atoms with Crippen molar-refractivity contribution < 1.29 is 5.11 Å². The van der Waals surface area contributed by atoms with Crippen LogP contribution in [0.15, 0.2) is 12.2 Å². The van der Waals surface area contributed by atoms with Gasteiger partial charge in [-0.05, 0) is 31.6 Å². The molecule has 0 aromatic heterocycles. The molecule has 0 heterocycles. The average molecular weight is 184 g/mol. The molecule has 0 aliphatic carbocycles. The van der Waals surface area contributed by atoms with Crippen LogP contribution in [-0.2, 0) is 0 Å². The number of hydrogen-bond donors (Lipinski definition) is 1. The van der Waals surface area contributed by atoms with Crippen molar-refractivity contribution in [1.29, 1.82) is 0 Å². The maximum absolute atomic E-state index is 9.72. The highest BCUT2D eigenvalue weighted by molar-refractivity contribution is 4.77. The van der Waals surface area contributed by atoms with Crippen LogP contribution in [0.5, 0.6) is 0 Å². The second kappa shape index (κ2) is 6.20. The molecule has 1 unspecified atom stereocenters. The van der Waals surface area contributed by atoms with Crippen molar-refractivity contribution in [3.8, 4) is 0 Å². The topological polar surface area (TPSA) is 20.2 Å². The van der Waals surface area contributed by atoms with Gasteiger partial charge in [-0.1, -0.05) is 39.3 Å². The second-order valence-electron chi connectivity index (χ2n) is 4.74. The van der Waals surface area contributed by atoms with Crippen molar-refractivity contribution >= 4 is 0 Å². The van der Waals surface area contributed by atoms with Crippen molar-refractivity contribution in [2.24, 2.45) is 5.41 Å². The monoisotopic (exact) mass is 184 g/mol. The Morgan fingerprint density at radius 1 is 1.23 bits per heavy atom. The largest absolute Gasteiger partial charge is 0.393 e. The molecule has 0 fully saturated rings. The molecule has 1 heteroatoms. The van der Waals surface area contributed by atoms with Gasteiger partial charge in [0.2, 0.25) is 0 Å². The molecule has 78 valence electrons. The maximum Gasteiger partial charge on any atom is 0.0588 e. The summed E-state index contributed by atoms with van der Waals surface area (Å²) >= 11 is 0. The van der Waals surface area contributed by atoms with Crippen molar-refractivity contribution in [1.82, 2.24) is 0 Å². The van der Waals surface area contributed by atoms with Gasteiger partial charge in [0.15, 0.2) is 0 Å². The molecule has 0 saturated carbocycles. The predicted molar refractivity (Wildman–Crippen MR) is 58.7 cm³/mol. The van der Waals surface area contributed by atoms with Gasteiger partial charge in [-0.3, -0.25) is 0 Å². The van der Waals surface area contributed by atoms with Crippen LogP contribution in [0.1, 0.15) is 53.4 Å². The van der Waals surface area contributed by atoms with E-state index in [2.05, 4.69) is 32.9 Å². The molecule has 0 radical (unpaired) electrons. The van der Waals surface area contributed by atoms with Crippen molar-refractivity contribution in [3.05, 3.63) is 12.2 Å². The Morgan fingerprint density at radius 2 is 1.85 bits per heavy atom. The highest BCUT2D eigenvalue weighted by Crippen LogP contribution is 2.23. The third-order valence-corrected chi connectivity index (χ3v) is 2.33. The summed E-state index contributed by atoms with van der Waals surface area (Å²) in [5.41, 5.74) is 0.0423. The van der Waals surface area contributed by atoms with Crippen LogP contribution >= 0.6 is 0 Å². The fourth-order valence-corrected chi connectivity index (χ4v) is 1.20. The summed E-state index contributed by atoms with van der Waals surface area (Å²) in [6.07, 6.45) is 8.51. The Hall–Kier alpha value is -0.300. The van der Waals surface area contributed by atoms with Gasteiger partial charge in [0.25, 0.3) is 0 Å². The average Bonchev–Trinajstić information content (AvgIpc) is 2.02. The maximum atomic E-state index is 9.72. The summed E-state index contributed by atoms with van der Waals surface area (Å²) in [6, 6.07) is 0. The van der Waals surface area contributed by atoms with Crippen LogP contribution in [0, 0.1) is 5.41 Å². The third kappa shape index (κ3) is 6.83. The third-order valence-electron chi connectivity index (χ3n) is 2.33. The van der Waals surface area contributed by atoms with Gasteiger partial charge in [-0.25, -0.2) is 0 Å². The van der Waals surface area contributed by atoms with Gasteiger partial charge in [0.1, 0.15) is 0 Å². The van der Waals surface area contributed by atoms with Crippen LogP contribution in [0.25, 0.3) is 0 Å². The fraction of sp³-hybridized carbons (Fsp3) is 0.833. The van der Waals surface area contributed by atoms with Gasteiger partial charge in [-0.15, -0.1) is 0 Å². The zero-order valence-corrected chi connectivity index (χ0v) is 9.51. The fourth-order valence-electron chi connectivity index (χ4n) is 1.20. The first-order chi connectivity index (χ1) is 5.98. The SMILES string of the molecule is C/C=C/CCCCC(O)C(C)(C)C. The number of aliphatic hydroxyl groups excluding tert-OH is 1. The normalized spacial score (nSPS) is 15.2. The van der Waals surface area contributed by atoms with Crippen molar-refractivity contribution in [2.75, 3.05) is 0 Å². The number of allylic oxidation sites excluding steroid dienone is 2. The summed E-state index contributed by atoms with van der Waals surface area (Å²) in [5, 5.41) is 9.72. The smallest absolute Gasteiger partial charge is 0.0588 e. The lowest BCUT2D eigenvalue weighted by atomic mass is 9.86. The van der Waals surface area contributed by atoms with Crippen molar-refractivity contribution in [2.45, 2.75) is 59.5 Å². The Balaban J connectivity index is 3.43. The van der Waals surface area contributed by atoms with E-state index in [1.54, 1.807) is 0 Å². The highest BCUT2D eigenvalue weighted by Gasteiger charge is 2.20. The van der Waals surface area contributed by atoms with E-state index in [0.29, 0.717) is 0 Å². The summed E-state index contributed by atoms with van der Waals surface area (Å²) in [5.74, 6) is 0. The zero-order chi connectivity index (χ0) is 10.3. The first-order valence-corrected chi connectivity index (χ1v) is 5.27. The molecule has 0 spiro atoms. The molecule has 0 saturated heterocycles. The molecule has 0 aromatic rings. The molecule has 0 aromatic carbocycles. The number of rotatable bonds is 5. The minimum atomic E-state index is -0.155. The van der Waals surface area contributed by atoms with E-state index in [1.807, 2.05) is 6.92 Å². The Bertz CT molecular complexity index is 142. The van der Waals surface area contributed by atoms with E-state index in [4.69, 9.17) is 0 Å². The standard InChI is InChI=1S/C12H24O/c1-5-6-7-8-9-10-11(13)12(2,3)4/h5-6,11,13H,7-10H2,1-4H3/b6-5+. The van der Waals surface area contributed by atoms with Crippen molar-refractivity contribution in [3.63, 3.8) is 0 Å². The molecule has 1 N–H and O–H groups in total.